The molecule has 0 atom stereocenters. The van der Waals surface area contributed by atoms with Crippen molar-refractivity contribution >= 4 is 5.91 Å². The summed E-state index contributed by atoms with van der Waals surface area (Å²) in [6.45, 7) is 6.76. The van der Waals surface area contributed by atoms with Gasteiger partial charge >= 0.3 is 0 Å². The highest BCUT2D eigenvalue weighted by Gasteiger charge is 2.23. The molecule has 0 unspecified atom stereocenters. The number of amides is 1. The third kappa shape index (κ3) is 5.63. The van der Waals surface area contributed by atoms with E-state index in [4.69, 9.17) is 9.26 Å². The van der Waals surface area contributed by atoms with Gasteiger partial charge < -0.3 is 14.6 Å². The maximum absolute atomic E-state index is 13.0. The topological polar surface area (TPSA) is 90.1 Å². The predicted octanol–water partition coefficient (Wildman–Crippen LogP) is 4.94. The number of nitrogens with zero attached hydrogens (tertiary/aromatic N) is 3. The highest BCUT2D eigenvalue weighted by Crippen LogP contribution is 2.26. The summed E-state index contributed by atoms with van der Waals surface area (Å²) < 4.78 is 11.3. The second-order valence-corrected chi connectivity index (χ2v) is 8.66. The Morgan fingerprint density at radius 1 is 1.03 bits per heavy atom. The number of rotatable bonds is 7. The molecule has 0 aliphatic carbocycles. The first-order valence-electron chi connectivity index (χ1n) is 10.7. The van der Waals surface area contributed by atoms with Crippen LogP contribution < -0.4 is 10.1 Å². The number of hydrogen-bond acceptors (Lipinski definition) is 6. The molecule has 4 aromatic rings. The van der Waals surface area contributed by atoms with Gasteiger partial charge in [0, 0.05) is 18.2 Å². The maximum atomic E-state index is 13.0. The molecule has 1 amide bonds. The lowest BCUT2D eigenvalue weighted by Crippen LogP contribution is -2.23. The van der Waals surface area contributed by atoms with Crippen LogP contribution >= 0.6 is 0 Å². The zero-order valence-electron chi connectivity index (χ0n) is 18.9. The van der Waals surface area contributed by atoms with Crippen LogP contribution in [0.25, 0.3) is 11.5 Å². The molecule has 0 radical (unpaired) electrons. The minimum atomic E-state index is -0.247. The summed E-state index contributed by atoms with van der Waals surface area (Å²) in [5.74, 6) is 1.42. The fraction of sp³-hybridized carbons (Fsp3) is 0.231. The van der Waals surface area contributed by atoms with E-state index in [0.717, 1.165) is 11.3 Å². The van der Waals surface area contributed by atoms with E-state index in [1.165, 1.54) is 0 Å². The molecule has 7 heteroatoms. The predicted molar refractivity (Wildman–Crippen MR) is 125 cm³/mol. The minimum absolute atomic E-state index is 0.221. The summed E-state index contributed by atoms with van der Waals surface area (Å²) in [4.78, 5) is 21.7. The van der Waals surface area contributed by atoms with Gasteiger partial charge in [0.05, 0.1) is 16.8 Å². The Hall–Kier alpha value is -4.00. The summed E-state index contributed by atoms with van der Waals surface area (Å²) in [6, 6.07) is 20.5. The van der Waals surface area contributed by atoms with Crippen molar-refractivity contribution in [2.45, 2.75) is 39.3 Å². The fourth-order valence-corrected chi connectivity index (χ4v) is 3.17. The van der Waals surface area contributed by atoms with Crippen LogP contribution in [-0.2, 0) is 18.6 Å². The van der Waals surface area contributed by atoms with E-state index in [0.29, 0.717) is 41.7 Å². The Kier molecular flexibility index (Phi) is 6.49. The molecule has 0 fully saturated rings. The van der Waals surface area contributed by atoms with Crippen molar-refractivity contribution in [1.82, 2.24) is 20.4 Å². The number of ether oxygens (including phenoxy) is 1. The van der Waals surface area contributed by atoms with Gasteiger partial charge in [-0.05, 0) is 42.0 Å². The van der Waals surface area contributed by atoms with Crippen molar-refractivity contribution in [2.24, 2.45) is 0 Å². The quantitative estimate of drug-likeness (QED) is 0.436. The van der Waals surface area contributed by atoms with Crippen LogP contribution in [0, 0.1) is 0 Å². The Bertz CT molecular complexity index is 1230. The van der Waals surface area contributed by atoms with Crippen molar-refractivity contribution in [3.05, 3.63) is 95.6 Å². The van der Waals surface area contributed by atoms with Gasteiger partial charge in [-0.2, -0.15) is 4.98 Å². The Labute approximate surface area is 192 Å². The van der Waals surface area contributed by atoms with E-state index in [9.17, 15) is 4.79 Å². The number of pyridine rings is 1. The molecule has 33 heavy (non-hydrogen) atoms. The SMILES string of the molecule is CC(C)(C)c1noc(-c2ccccc2C(=O)NCc2cccc(OCc3ccccn3)c2)n1. The van der Waals surface area contributed by atoms with E-state index in [2.05, 4.69) is 20.4 Å². The first kappa shape index (κ1) is 22.2. The van der Waals surface area contributed by atoms with Crippen molar-refractivity contribution in [1.29, 1.82) is 0 Å². The summed E-state index contributed by atoms with van der Waals surface area (Å²) >= 11 is 0. The number of benzene rings is 2. The summed E-state index contributed by atoms with van der Waals surface area (Å²) in [7, 11) is 0. The van der Waals surface area contributed by atoms with Gasteiger partial charge in [-0.3, -0.25) is 9.78 Å². The van der Waals surface area contributed by atoms with Crippen molar-refractivity contribution in [2.75, 3.05) is 0 Å². The molecule has 7 nitrogen and oxygen atoms in total. The van der Waals surface area contributed by atoms with E-state index >= 15 is 0 Å². The van der Waals surface area contributed by atoms with Gasteiger partial charge in [-0.1, -0.05) is 56.3 Å². The molecule has 0 saturated heterocycles. The Balaban J connectivity index is 1.43. The number of carbonyl (C=O) groups is 1. The Morgan fingerprint density at radius 3 is 2.61 bits per heavy atom. The number of nitrogens with one attached hydrogen (secondary N) is 1. The molecule has 0 aliphatic rings. The Morgan fingerprint density at radius 2 is 1.85 bits per heavy atom. The van der Waals surface area contributed by atoms with Crippen LogP contribution in [0.5, 0.6) is 5.75 Å². The molecular formula is C26H26N4O3. The van der Waals surface area contributed by atoms with Crippen LogP contribution in [-0.4, -0.2) is 21.0 Å². The van der Waals surface area contributed by atoms with E-state index < -0.39 is 0 Å². The van der Waals surface area contributed by atoms with E-state index in [1.807, 2.05) is 75.4 Å². The molecule has 1 N–H and O–H groups in total. The van der Waals surface area contributed by atoms with Crippen LogP contribution in [0.4, 0.5) is 0 Å². The van der Waals surface area contributed by atoms with Crippen molar-refractivity contribution in [3.63, 3.8) is 0 Å². The van der Waals surface area contributed by atoms with Gasteiger partial charge in [0.25, 0.3) is 11.8 Å². The van der Waals surface area contributed by atoms with Crippen LogP contribution in [0.2, 0.25) is 0 Å². The molecular weight excluding hydrogens is 416 g/mol. The molecule has 0 saturated carbocycles. The number of hydrogen-bond donors (Lipinski definition) is 1. The average molecular weight is 443 g/mol. The summed E-state index contributed by atoms with van der Waals surface area (Å²) in [6.07, 6.45) is 1.74. The second-order valence-electron chi connectivity index (χ2n) is 8.66. The highest BCUT2D eigenvalue weighted by molar-refractivity contribution is 5.99. The largest absolute Gasteiger partial charge is 0.487 e. The molecule has 168 valence electrons. The lowest BCUT2D eigenvalue weighted by atomic mass is 9.96. The zero-order chi connectivity index (χ0) is 23.3. The number of carbonyl (C=O) groups excluding carboxylic acids is 1. The first-order chi connectivity index (χ1) is 15.9. The third-order valence-corrected chi connectivity index (χ3v) is 4.96. The molecule has 4 rings (SSSR count). The lowest BCUT2D eigenvalue weighted by molar-refractivity contribution is 0.0951. The fourth-order valence-electron chi connectivity index (χ4n) is 3.17. The molecule has 0 bridgehead atoms. The second kappa shape index (κ2) is 9.65. The normalized spacial score (nSPS) is 11.2. The van der Waals surface area contributed by atoms with Crippen molar-refractivity contribution in [3.8, 4) is 17.2 Å². The first-order valence-corrected chi connectivity index (χ1v) is 10.7. The standard InChI is InChI=1S/C26H26N4O3/c1-26(2,3)25-29-24(33-30-25)22-13-5-4-12-21(22)23(31)28-16-18-9-8-11-20(15-18)32-17-19-10-6-7-14-27-19/h4-15H,16-17H2,1-3H3,(H,28,31). The molecule has 2 heterocycles. The highest BCUT2D eigenvalue weighted by atomic mass is 16.5. The summed E-state index contributed by atoms with van der Waals surface area (Å²) in [5.41, 5.74) is 2.60. The van der Waals surface area contributed by atoms with E-state index in [-0.39, 0.29) is 11.3 Å². The lowest BCUT2D eigenvalue weighted by Gasteiger charge is -2.11. The van der Waals surface area contributed by atoms with E-state index in [1.54, 1.807) is 18.3 Å². The van der Waals surface area contributed by atoms with Crippen LogP contribution in [0.3, 0.4) is 0 Å². The smallest absolute Gasteiger partial charge is 0.258 e. The van der Waals surface area contributed by atoms with Gasteiger partial charge in [0.1, 0.15) is 12.4 Å². The average Bonchev–Trinajstić information content (AvgIpc) is 3.33. The third-order valence-electron chi connectivity index (χ3n) is 4.96. The maximum Gasteiger partial charge on any atom is 0.258 e. The van der Waals surface area contributed by atoms with Crippen LogP contribution in [0.1, 0.15) is 48.2 Å². The zero-order valence-corrected chi connectivity index (χ0v) is 18.9. The van der Waals surface area contributed by atoms with Gasteiger partial charge in [0.2, 0.25) is 0 Å². The minimum Gasteiger partial charge on any atom is -0.487 e. The molecule has 2 aromatic heterocycles. The summed E-state index contributed by atoms with van der Waals surface area (Å²) in [5, 5.41) is 7.04. The van der Waals surface area contributed by atoms with Crippen molar-refractivity contribution < 1.29 is 14.1 Å². The van der Waals surface area contributed by atoms with Gasteiger partial charge in [-0.15, -0.1) is 0 Å². The molecule has 0 spiro atoms. The monoisotopic (exact) mass is 442 g/mol. The molecule has 2 aromatic carbocycles. The van der Waals surface area contributed by atoms with Gasteiger partial charge in [0.15, 0.2) is 5.82 Å². The molecule has 0 aliphatic heterocycles. The number of aromatic nitrogens is 3. The van der Waals surface area contributed by atoms with Gasteiger partial charge in [-0.25, -0.2) is 0 Å². The van der Waals surface area contributed by atoms with Crippen LogP contribution in [0.15, 0.2) is 77.4 Å².